The van der Waals surface area contributed by atoms with Gasteiger partial charge in [-0.15, -0.1) is 13.2 Å². The third-order valence-corrected chi connectivity index (χ3v) is 0.742. The van der Waals surface area contributed by atoms with Crippen LogP contribution in [0.5, 0.6) is 0 Å². The third kappa shape index (κ3) is 2.32. The minimum atomic E-state index is -4.63. The summed E-state index contributed by atoms with van der Waals surface area (Å²) in [5, 5.41) is 2.10. The molecule has 1 aliphatic rings. The molecule has 1 aliphatic heterocycles. The summed E-state index contributed by atoms with van der Waals surface area (Å²) in [6, 6.07) is 0. The van der Waals surface area contributed by atoms with E-state index in [4.69, 9.17) is 0 Å². The van der Waals surface area contributed by atoms with Gasteiger partial charge in [-0.25, -0.2) is 0 Å². The van der Waals surface area contributed by atoms with Crippen molar-refractivity contribution in [1.29, 1.82) is 0 Å². The maximum Gasteiger partial charge on any atom is 0.524 e. The Morgan fingerprint density at radius 3 is 2.70 bits per heavy atom. The van der Waals surface area contributed by atoms with Gasteiger partial charge >= 0.3 is 6.36 Å². The lowest BCUT2D eigenvalue weighted by atomic mass is 10.6. The maximum absolute atomic E-state index is 11.4. The zero-order valence-electron chi connectivity index (χ0n) is 4.64. The predicted molar refractivity (Wildman–Crippen MR) is 25.8 cm³/mol. The van der Waals surface area contributed by atoms with Gasteiger partial charge < -0.3 is 0 Å². The van der Waals surface area contributed by atoms with Crippen LogP contribution in [0.2, 0.25) is 0 Å². The molecule has 0 fully saturated rings. The number of alkyl halides is 3. The lowest BCUT2D eigenvalue weighted by molar-refractivity contribution is -0.334. The Morgan fingerprint density at radius 1 is 1.60 bits per heavy atom. The molecule has 3 nitrogen and oxygen atoms in total. The van der Waals surface area contributed by atoms with Crippen molar-refractivity contribution < 1.29 is 17.9 Å². The highest BCUT2D eigenvalue weighted by Gasteiger charge is 2.33. The number of nitrogens with one attached hydrogen (secondary N) is 1. The summed E-state index contributed by atoms with van der Waals surface area (Å²) in [6.45, 7) is 2.09. The Balaban J connectivity index is 2.31. The maximum atomic E-state index is 11.4. The first-order chi connectivity index (χ1) is 4.58. The zero-order valence-corrected chi connectivity index (χ0v) is 4.64. The summed E-state index contributed by atoms with van der Waals surface area (Å²) in [5.74, 6) is 0. The number of halogens is 3. The number of rotatable bonds is 1. The van der Waals surface area contributed by atoms with E-state index in [-0.39, 0.29) is 0 Å². The van der Waals surface area contributed by atoms with Crippen LogP contribution in [0.3, 0.4) is 0 Å². The van der Waals surface area contributed by atoms with E-state index in [1.165, 1.54) is 0 Å². The number of aliphatic imine (C=N–C) groups is 1. The first-order valence-corrected chi connectivity index (χ1v) is 2.36. The lowest BCUT2D eigenvalue weighted by Gasteiger charge is -2.10. The fourth-order valence-corrected chi connectivity index (χ4v) is 0.447. The van der Waals surface area contributed by atoms with E-state index in [9.17, 15) is 13.2 Å². The number of hydrogen-bond acceptors (Lipinski definition) is 3. The molecule has 1 N–H and O–H groups in total. The van der Waals surface area contributed by atoms with Gasteiger partial charge in [-0.2, -0.15) is 0 Å². The second kappa shape index (κ2) is 2.55. The van der Waals surface area contributed by atoms with Crippen LogP contribution >= 0.6 is 0 Å². The molecule has 1 unspecified atom stereocenters. The molecule has 0 aromatic carbocycles. The molecule has 0 saturated carbocycles. The molecular weight excluding hydrogens is 149 g/mol. The molecule has 56 valence electrons. The second-order valence-corrected chi connectivity index (χ2v) is 1.52. The van der Waals surface area contributed by atoms with Gasteiger partial charge in [0.15, 0.2) is 12.9 Å². The van der Waals surface area contributed by atoms with Crippen LogP contribution in [0.25, 0.3) is 0 Å². The van der Waals surface area contributed by atoms with Gasteiger partial charge in [-0.3, -0.25) is 15.0 Å². The molecule has 0 spiro atoms. The van der Waals surface area contributed by atoms with Gasteiger partial charge in [-0.05, 0) is 0 Å². The smallest absolute Gasteiger partial charge is 0.268 e. The average molecular weight is 152 g/mol. The molecule has 0 aliphatic carbocycles. The van der Waals surface area contributed by atoms with Gasteiger partial charge in [0.1, 0.15) is 0 Å². The standard InChI is InChI=1S/C4H3F3N2O/c5-4(6,7)10-3-1-8-2-9-3/h1,3,9H. The van der Waals surface area contributed by atoms with E-state index in [1.807, 2.05) is 0 Å². The molecule has 1 rings (SSSR count). The minimum absolute atomic E-state index is 0.966. The van der Waals surface area contributed by atoms with Crippen molar-refractivity contribution in [3.05, 3.63) is 6.67 Å². The topological polar surface area (TPSA) is 33.6 Å². The van der Waals surface area contributed by atoms with Gasteiger partial charge in [-0.1, -0.05) is 0 Å². The van der Waals surface area contributed by atoms with Crippen molar-refractivity contribution in [3.63, 3.8) is 0 Å². The molecular formula is C4H3F3N2O. The average Bonchev–Trinajstić information content (AvgIpc) is 2.12. The highest BCUT2D eigenvalue weighted by Crippen LogP contribution is 2.18. The molecule has 10 heavy (non-hydrogen) atoms. The first kappa shape index (κ1) is 7.49. The summed E-state index contributed by atoms with van der Waals surface area (Å²) in [7, 11) is 0. The van der Waals surface area contributed by atoms with Gasteiger partial charge in [0, 0.05) is 6.21 Å². The third-order valence-electron chi connectivity index (χ3n) is 0.742. The van der Waals surface area contributed by atoms with E-state index in [1.54, 1.807) is 0 Å². The molecule has 0 aromatic rings. The van der Waals surface area contributed by atoms with Crippen LogP contribution in [-0.2, 0) is 4.74 Å². The van der Waals surface area contributed by atoms with E-state index in [0.717, 1.165) is 6.21 Å². The van der Waals surface area contributed by atoms with E-state index < -0.39 is 12.6 Å². The number of hydrogen-bond donors (Lipinski definition) is 1. The van der Waals surface area contributed by atoms with Crippen LogP contribution in [0.4, 0.5) is 13.2 Å². The van der Waals surface area contributed by atoms with E-state index in [2.05, 4.69) is 21.7 Å². The number of ether oxygens (including phenoxy) is 1. The summed E-state index contributed by atoms with van der Waals surface area (Å²) in [6.07, 6.45) is -4.89. The Labute approximate surface area is 54.9 Å². The SMILES string of the molecule is FC(F)(F)OC1C=N[C]N1. The van der Waals surface area contributed by atoms with E-state index in [0.29, 0.717) is 0 Å². The van der Waals surface area contributed by atoms with Crippen molar-refractivity contribution in [2.45, 2.75) is 12.6 Å². The lowest BCUT2D eigenvalue weighted by Crippen LogP contribution is -2.32. The fraction of sp³-hybridized carbons (Fsp3) is 0.500. The molecule has 6 heteroatoms. The summed E-state index contributed by atoms with van der Waals surface area (Å²) >= 11 is 0. The number of nitrogens with zero attached hydrogens (tertiary/aromatic N) is 1. The normalized spacial score (nSPS) is 25.7. The van der Waals surface area contributed by atoms with Crippen LogP contribution in [0.1, 0.15) is 0 Å². The fourth-order valence-electron chi connectivity index (χ4n) is 0.447. The Hall–Kier alpha value is -0.620. The molecule has 0 aromatic heterocycles. The van der Waals surface area contributed by atoms with Crippen LogP contribution in [-0.4, -0.2) is 18.8 Å². The Bertz CT molecular complexity index is 144. The van der Waals surface area contributed by atoms with Crippen molar-refractivity contribution >= 4 is 6.21 Å². The second-order valence-electron chi connectivity index (χ2n) is 1.52. The van der Waals surface area contributed by atoms with Crippen LogP contribution in [0.15, 0.2) is 4.99 Å². The predicted octanol–water partition coefficient (Wildman–Crippen LogP) is 0.519. The van der Waals surface area contributed by atoms with Crippen molar-refractivity contribution in [3.8, 4) is 0 Å². The van der Waals surface area contributed by atoms with E-state index >= 15 is 0 Å². The molecule has 0 bridgehead atoms. The summed E-state index contributed by atoms with van der Waals surface area (Å²) in [5.41, 5.74) is 0. The van der Waals surface area contributed by atoms with Crippen molar-refractivity contribution in [1.82, 2.24) is 5.32 Å². The Morgan fingerprint density at radius 2 is 2.30 bits per heavy atom. The van der Waals surface area contributed by atoms with Crippen molar-refractivity contribution in [2.75, 3.05) is 0 Å². The molecule has 1 heterocycles. The highest BCUT2D eigenvalue weighted by molar-refractivity contribution is 5.65. The minimum Gasteiger partial charge on any atom is -0.268 e. The van der Waals surface area contributed by atoms with Gasteiger partial charge in [0.2, 0.25) is 0 Å². The van der Waals surface area contributed by atoms with Crippen LogP contribution < -0.4 is 5.32 Å². The van der Waals surface area contributed by atoms with Crippen molar-refractivity contribution in [2.24, 2.45) is 4.99 Å². The Kier molecular flexibility index (Phi) is 1.91. The summed E-state index contributed by atoms with van der Waals surface area (Å²) in [4.78, 5) is 3.24. The molecule has 0 saturated heterocycles. The molecule has 2 radical (unpaired) electrons. The summed E-state index contributed by atoms with van der Waals surface area (Å²) < 4.78 is 37.5. The quantitative estimate of drug-likeness (QED) is 0.594. The molecule has 0 amide bonds. The molecule has 1 atom stereocenters. The monoisotopic (exact) mass is 152 g/mol. The highest BCUT2D eigenvalue weighted by atomic mass is 19.4. The van der Waals surface area contributed by atoms with Gasteiger partial charge in [0.05, 0.1) is 0 Å². The zero-order chi connectivity index (χ0) is 7.61. The first-order valence-electron chi connectivity index (χ1n) is 2.36. The van der Waals surface area contributed by atoms with Gasteiger partial charge in [0.25, 0.3) is 0 Å². The largest absolute Gasteiger partial charge is 0.524 e. The van der Waals surface area contributed by atoms with Crippen LogP contribution in [0, 0.1) is 6.67 Å².